The Hall–Kier alpha value is -2.26. The Bertz CT molecular complexity index is 960. The molecule has 0 fully saturated rings. The highest BCUT2D eigenvalue weighted by molar-refractivity contribution is 9.10. The van der Waals surface area contributed by atoms with Gasteiger partial charge in [-0.1, -0.05) is 28.1 Å². The number of anilines is 1. The van der Waals surface area contributed by atoms with Crippen molar-refractivity contribution >= 4 is 38.3 Å². The van der Waals surface area contributed by atoms with Gasteiger partial charge in [-0.2, -0.15) is 0 Å². The van der Waals surface area contributed by atoms with Crippen molar-refractivity contribution in [3.63, 3.8) is 0 Å². The fourth-order valence-electron chi connectivity index (χ4n) is 1.99. The summed E-state index contributed by atoms with van der Waals surface area (Å²) in [7, 11) is 0. The number of benzene rings is 2. The van der Waals surface area contributed by atoms with Gasteiger partial charge in [0.2, 0.25) is 0 Å². The van der Waals surface area contributed by atoms with Crippen LogP contribution in [0.15, 0.2) is 40.2 Å². The van der Waals surface area contributed by atoms with E-state index in [-0.39, 0.29) is 5.13 Å². The summed E-state index contributed by atoms with van der Waals surface area (Å²) in [5, 5.41) is 4.00. The molecule has 3 nitrogen and oxygen atoms in total. The summed E-state index contributed by atoms with van der Waals surface area (Å²) < 4.78 is 53.9. The predicted molar refractivity (Wildman–Crippen MR) is 89.5 cm³/mol. The first kappa shape index (κ1) is 17.6. The molecule has 0 saturated carbocycles. The average molecular weight is 431 g/mol. The lowest BCUT2D eigenvalue weighted by Gasteiger charge is -2.05. The molecule has 0 radical (unpaired) electrons. The zero-order chi connectivity index (χ0) is 18.1. The van der Waals surface area contributed by atoms with E-state index in [2.05, 4.69) is 26.2 Å². The van der Waals surface area contributed by atoms with Crippen LogP contribution in [-0.2, 0) is 0 Å². The monoisotopic (exact) mass is 430 g/mol. The van der Waals surface area contributed by atoms with Crippen molar-refractivity contribution in [2.45, 2.75) is 0 Å². The fraction of sp³-hybridized carbons (Fsp3) is 0. The Morgan fingerprint density at radius 2 is 1.72 bits per heavy atom. The van der Waals surface area contributed by atoms with Gasteiger partial charge in [0.25, 0.3) is 5.91 Å². The maximum atomic E-state index is 13.6. The molecule has 0 spiro atoms. The van der Waals surface area contributed by atoms with E-state index < -0.39 is 34.7 Å². The number of thiazole rings is 1. The molecular formula is C16H7BrF4N2OS. The molecule has 1 aromatic heterocycles. The molecule has 1 amide bonds. The molecule has 0 bridgehead atoms. The number of hydrogen-bond donors (Lipinski definition) is 1. The van der Waals surface area contributed by atoms with E-state index >= 15 is 0 Å². The van der Waals surface area contributed by atoms with E-state index in [1.54, 1.807) is 17.5 Å². The predicted octanol–water partition coefficient (Wildman–Crippen LogP) is 5.38. The van der Waals surface area contributed by atoms with Crippen molar-refractivity contribution in [1.29, 1.82) is 0 Å². The van der Waals surface area contributed by atoms with Crippen molar-refractivity contribution in [3.8, 4) is 11.3 Å². The Kier molecular flexibility index (Phi) is 4.87. The summed E-state index contributed by atoms with van der Waals surface area (Å²) in [5.74, 6) is -8.56. The van der Waals surface area contributed by atoms with Crippen LogP contribution in [0.3, 0.4) is 0 Å². The molecule has 3 aromatic rings. The molecule has 25 heavy (non-hydrogen) atoms. The van der Waals surface area contributed by atoms with Crippen LogP contribution in [0.25, 0.3) is 11.3 Å². The molecule has 128 valence electrons. The molecule has 0 aliphatic carbocycles. The van der Waals surface area contributed by atoms with Gasteiger partial charge < -0.3 is 0 Å². The molecule has 2 aromatic carbocycles. The second-order valence-electron chi connectivity index (χ2n) is 4.85. The topological polar surface area (TPSA) is 42.0 Å². The van der Waals surface area contributed by atoms with Gasteiger partial charge in [-0.3, -0.25) is 10.1 Å². The van der Waals surface area contributed by atoms with Crippen LogP contribution in [0, 0.1) is 23.3 Å². The zero-order valence-electron chi connectivity index (χ0n) is 12.1. The maximum Gasteiger partial charge on any atom is 0.260 e. The van der Waals surface area contributed by atoms with Crippen molar-refractivity contribution < 1.29 is 22.4 Å². The highest BCUT2D eigenvalue weighted by atomic mass is 79.9. The highest BCUT2D eigenvalue weighted by Gasteiger charge is 2.23. The quantitative estimate of drug-likeness (QED) is 0.344. The molecule has 3 rings (SSSR count). The number of nitrogens with zero attached hydrogens (tertiary/aromatic N) is 1. The van der Waals surface area contributed by atoms with Crippen LogP contribution < -0.4 is 5.32 Å². The van der Waals surface area contributed by atoms with Crippen molar-refractivity contribution in [3.05, 3.63) is 69.0 Å². The lowest BCUT2D eigenvalue weighted by atomic mass is 10.1. The van der Waals surface area contributed by atoms with E-state index in [1.807, 2.05) is 12.1 Å². The number of rotatable bonds is 3. The second-order valence-corrected chi connectivity index (χ2v) is 6.62. The van der Waals surface area contributed by atoms with Crippen molar-refractivity contribution in [1.82, 2.24) is 4.98 Å². The molecule has 0 unspecified atom stereocenters. The van der Waals surface area contributed by atoms with Crippen LogP contribution in [0.4, 0.5) is 22.7 Å². The molecular weight excluding hydrogens is 424 g/mol. The Morgan fingerprint density at radius 3 is 2.40 bits per heavy atom. The molecule has 9 heteroatoms. The van der Waals surface area contributed by atoms with Crippen LogP contribution in [0.5, 0.6) is 0 Å². The van der Waals surface area contributed by atoms with Gasteiger partial charge in [0.05, 0.1) is 11.3 Å². The average Bonchev–Trinajstić information content (AvgIpc) is 3.05. The molecule has 0 saturated heterocycles. The van der Waals surface area contributed by atoms with Gasteiger partial charge in [0, 0.05) is 15.4 Å². The Labute approximate surface area is 151 Å². The van der Waals surface area contributed by atoms with Crippen LogP contribution in [0.1, 0.15) is 10.4 Å². The zero-order valence-corrected chi connectivity index (χ0v) is 14.5. The van der Waals surface area contributed by atoms with Crippen molar-refractivity contribution in [2.24, 2.45) is 0 Å². The standard InChI is InChI=1S/C16H7BrF4N2OS/c17-8-3-1-7(2-4-8)11-6-25-16(22-11)23-15(24)9-5-10(18)13(20)14(21)12(9)19/h1-6H,(H,22,23,24). The molecule has 0 aliphatic heterocycles. The van der Waals surface area contributed by atoms with E-state index in [9.17, 15) is 22.4 Å². The lowest BCUT2D eigenvalue weighted by molar-refractivity contribution is 0.102. The molecule has 1 N–H and O–H groups in total. The van der Waals surface area contributed by atoms with Gasteiger partial charge >= 0.3 is 0 Å². The van der Waals surface area contributed by atoms with Crippen molar-refractivity contribution in [2.75, 3.05) is 5.32 Å². The minimum Gasteiger partial charge on any atom is -0.298 e. The minimum atomic E-state index is -2.04. The summed E-state index contributed by atoms with van der Waals surface area (Å²) in [6.07, 6.45) is 0. The number of amides is 1. The number of carbonyl (C=O) groups is 1. The van der Waals surface area contributed by atoms with E-state index in [0.29, 0.717) is 11.8 Å². The third-order valence-corrected chi connectivity index (χ3v) is 4.50. The third-order valence-electron chi connectivity index (χ3n) is 3.21. The van der Waals surface area contributed by atoms with Crippen LogP contribution >= 0.6 is 27.3 Å². The van der Waals surface area contributed by atoms with Gasteiger partial charge in [-0.15, -0.1) is 11.3 Å². The van der Waals surface area contributed by atoms with E-state index in [4.69, 9.17) is 0 Å². The first-order valence-corrected chi connectivity index (χ1v) is 8.40. The normalized spacial score (nSPS) is 10.8. The second kappa shape index (κ2) is 6.93. The smallest absolute Gasteiger partial charge is 0.260 e. The number of carbonyl (C=O) groups excluding carboxylic acids is 1. The van der Waals surface area contributed by atoms with Gasteiger partial charge in [0.15, 0.2) is 28.4 Å². The minimum absolute atomic E-state index is 0.104. The Morgan fingerprint density at radius 1 is 1.04 bits per heavy atom. The Balaban J connectivity index is 1.84. The molecule has 0 aliphatic rings. The fourth-order valence-corrected chi connectivity index (χ4v) is 2.97. The summed E-state index contributed by atoms with van der Waals surface area (Å²) >= 11 is 4.36. The van der Waals surface area contributed by atoms with Gasteiger partial charge in [-0.25, -0.2) is 22.5 Å². The van der Waals surface area contributed by atoms with E-state index in [1.165, 1.54) is 0 Å². The van der Waals surface area contributed by atoms with Gasteiger partial charge in [-0.05, 0) is 18.2 Å². The summed E-state index contributed by atoms with van der Waals surface area (Å²) in [6, 6.07) is 7.52. The largest absolute Gasteiger partial charge is 0.298 e. The summed E-state index contributed by atoms with van der Waals surface area (Å²) in [4.78, 5) is 16.1. The summed E-state index contributed by atoms with van der Waals surface area (Å²) in [5.41, 5.74) is 0.395. The molecule has 0 atom stereocenters. The first-order valence-electron chi connectivity index (χ1n) is 6.72. The number of halogens is 5. The maximum absolute atomic E-state index is 13.6. The lowest BCUT2D eigenvalue weighted by Crippen LogP contribution is -2.16. The number of aromatic nitrogens is 1. The van der Waals surface area contributed by atoms with E-state index in [0.717, 1.165) is 21.4 Å². The van der Waals surface area contributed by atoms with Gasteiger partial charge in [0.1, 0.15) is 0 Å². The number of nitrogens with one attached hydrogen (secondary N) is 1. The number of hydrogen-bond acceptors (Lipinski definition) is 3. The van der Waals surface area contributed by atoms with Crippen LogP contribution in [-0.4, -0.2) is 10.9 Å². The van der Waals surface area contributed by atoms with Crippen LogP contribution in [0.2, 0.25) is 0 Å². The molecule has 1 heterocycles. The SMILES string of the molecule is O=C(Nc1nc(-c2ccc(Br)cc2)cs1)c1cc(F)c(F)c(F)c1F. The summed E-state index contributed by atoms with van der Waals surface area (Å²) in [6.45, 7) is 0. The highest BCUT2D eigenvalue weighted by Crippen LogP contribution is 2.27. The third kappa shape index (κ3) is 3.57. The first-order chi connectivity index (χ1) is 11.9.